The van der Waals surface area contributed by atoms with Crippen LogP contribution in [0.1, 0.15) is 41.3 Å². The first-order valence-electron chi connectivity index (χ1n) is 7.03. The van der Waals surface area contributed by atoms with Crippen LogP contribution >= 0.6 is 0 Å². The summed E-state index contributed by atoms with van der Waals surface area (Å²) in [6.45, 7) is 2.01. The zero-order chi connectivity index (χ0) is 17.1. The van der Waals surface area contributed by atoms with Gasteiger partial charge in [-0.25, -0.2) is 22.0 Å². The number of halogens is 5. The standard InChI is InChI=1S/C17H13F5O/c1-2-3-4-9-5-7-10(8-6-9)17(23)11-12(18)14(20)16(22)15(21)13(11)19/h5-8H,2-4H2,1H3. The van der Waals surface area contributed by atoms with E-state index in [4.69, 9.17) is 0 Å². The van der Waals surface area contributed by atoms with E-state index in [-0.39, 0.29) is 5.56 Å². The second-order valence-electron chi connectivity index (χ2n) is 5.07. The first-order chi connectivity index (χ1) is 10.9. The van der Waals surface area contributed by atoms with E-state index in [1.807, 2.05) is 6.92 Å². The number of hydrogen-bond donors (Lipinski definition) is 0. The Kier molecular flexibility index (Phi) is 5.13. The highest BCUT2D eigenvalue weighted by molar-refractivity contribution is 6.09. The fourth-order valence-corrected chi connectivity index (χ4v) is 2.15. The summed E-state index contributed by atoms with van der Waals surface area (Å²) in [5, 5.41) is 0. The Hall–Kier alpha value is -2.24. The van der Waals surface area contributed by atoms with Crippen molar-refractivity contribution < 1.29 is 26.7 Å². The Morgan fingerprint density at radius 2 is 1.30 bits per heavy atom. The zero-order valence-corrected chi connectivity index (χ0v) is 12.2. The van der Waals surface area contributed by atoms with Gasteiger partial charge in [0.05, 0.1) is 0 Å². The maximum Gasteiger partial charge on any atom is 0.200 e. The third kappa shape index (κ3) is 3.25. The molecule has 0 spiro atoms. The van der Waals surface area contributed by atoms with Gasteiger partial charge in [0.1, 0.15) is 5.56 Å². The largest absolute Gasteiger partial charge is 0.288 e. The van der Waals surface area contributed by atoms with E-state index in [0.29, 0.717) is 0 Å². The summed E-state index contributed by atoms with van der Waals surface area (Å²) in [6, 6.07) is 5.81. The minimum absolute atomic E-state index is 0.145. The molecule has 0 saturated heterocycles. The highest BCUT2D eigenvalue weighted by Gasteiger charge is 2.30. The molecule has 0 N–H and O–H groups in total. The summed E-state index contributed by atoms with van der Waals surface area (Å²) in [7, 11) is 0. The van der Waals surface area contributed by atoms with Gasteiger partial charge in [-0.15, -0.1) is 0 Å². The Labute approximate surface area is 129 Å². The Morgan fingerprint density at radius 1 is 0.826 bits per heavy atom. The summed E-state index contributed by atoms with van der Waals surface area (Å²) < 4.78 is 66.6. The van der Waals surface area contributed by atoms with Crippen LogP contribution in [0.25, 0.3) is 0 Å². The van der Waals surface area contributed by atoms with Gasteiger partial charge >= 0.3 is 0 Å². The summed E-state index contributed by atoms with van der Waals surface area (Å²) in [5.74, 6) is -12.0. The molecule has 0 unspecified atom stereocenters. The van der Waals surface area contributed by atoms with E-state index >= 15 is 0 Å². The third-order valence-corrected chi connectivity index (χ3v) is 3.47. The molecule has 0 saturated carbocycles. The highest BCUT2D eigenvalue weighted by atomic mass is 19.2. The average molecular weight is 328 g/mol. The predicted octanol–water partition coefficient (Wildman–Crippen LogP) is 4.96. The molecule has 0 amide bonds. The number of carbonyl (C=O) groups excluding carboxylic acids is 1. The Bertz CT molecular complexity index is 709. The quantitative estimate of drug-likeness (QED) is 0.328. The zero-order valence-electron chi connectivity index (χ0n) is 12.2. The van der Waals surface area contributed by atoms with Crippen LogP contribution in [0.4, 0.5) is 22.0 Å². The summed E-state index contributed by atoms with van der Waals surface area (Å²) in [5.41, 5.74) is -0.669. The first kappa shape index (κ1) is 17.1. The molecule has 0 heterocycles. The molecule has 0 bridgehead atoms. The van der Waals surface area contributed by atoms with Crippen LogP contribution in [-0.4, -0.2) is 5.78 Å². The van der Waals surface area contributed by atoms with Crippen molar-refractivity contribution in [3.8, 4) is 0 Å². The van der Waals surface area contributed by atoms with Crippen molar-refractivity contribution in [2.24, 2.45) is 0 Å². The molecule has 0 aromatic heterocycles. The summed E-state index contributed by atoms with van der Waals surface area (Å²) >= 11 is 0. The van der Waals surface area contributed by atoms with Crippen LogP contribution < -0.4 is 0 Å². The van der Waals surface area contributed by atoms with E-state index in [1.165, 1.54) is 12.1 Å². The normalized spacial score (nSPS) is 10.9. The maximum absolute atomic E-state index is 13.6. The van der Waals surface area contributed by atoms with Crippen molar-refractivity contribution in [1.29, 1.82) is 0 Å². The molecule has 23 heavy (non-hydrogen) atoms. The molecular formula is C17H13F5O. The average Bonchev–Trinajstić information content (AvgIpc) is 2.57. The van der Waals surface area contributed by atoms with E-state index < -0.39 is 40.4 Å². The van der Waals surface area contributed by atoms with Crippen molar-refractivity contribution >= 4 is 5.78 Å². The molecule has 0 aliphatic carbocycles. The van der Waals surface area contributed by atoms with Gasteiger partial charge in [-0.3, -0.25) is 4.79 Å². The van der Waals surface area contributed by atoms with Gasteiger partial charge in [0, 0.05) is 5.56 Å². The van der Waals surface area contributed by atoms with E-state index in [0.717, 1.165) is 24.8 Å². The monoisotopic (exact) mass is 328 g/mol. The molecule has 2 rings (SSSR count). The lowest BCUT2D eigenvalue weighted by molar-refractivity contribution is 0.102. The Balaban J connectivity index is 2.41. The van der Waals surface area contributed by atoms with Crippen molar-refractivity contribution in [2.45, 2.75) is 26.2 Å². The van der Waals surface area contributed by atoms with Crippen molar-refractivity contribution in [3.05, 3.63) is 70.0 Å². The molecule has 0 fully saturated rings. The molecule has 1 nitrogen and oxygen atoms in total. The molecule has 2 aromatic carbocycles. The number of carbonyl (C=O) groups is 1. The van der Waals surface area contributed by atoms with E-state index in [1.54, 1.807) is 12.1 Å². The van der Waals surface area contributed by atoms with Gasteiger partial charge in [-0.05, 0) is 18.4 Å². The number of benzene rings is 2. The molecule has 0 aliphatic heterocycles. The fourth-order valence-electron chi connectivity index (χ4n) is 2.15. The molecule has 0 atom stereocenters. The van der Waals surface area contributed by atoms with Crippen molar-refractivity contribution in [3.63, 3.8) is 0 Å². The third-order valence-electron chi connectivity index (χ3n) is 3.47. The lowest BCUT2D eigenvalue weighted by Crippen LogP contribution is -2.13. The van der Waals surface area contributed by atoms with E-state index in [9.17, 15) is 26.7 Å². The highest BCUT2D eigenvalue weighted by Crippen LogP contribution is 2.25. The van der Waals surface area contributed by atoms with Gasteiger partial charge in [-0.1, -0.05) is 37.6 Å². The van der Waals surface area contributed by atoms with Crippen LogP contribution in [0.15, 0.2) is 24.3 Å². The summed E-state index contributed by atoms with van der Waals surface area (Å²) in [4.78, 5) is 12.1. The summed E-state index contributed by atoms with van der Waals surface area (Å²) in [6.07, 6.45) is 2.68. The van der Waals surface area contributed by atoms with Crippen LogP contribution in [0.5, 0.6) is 0 Å². The van der Waals surface area contributed by atoms with Gasteiger partial charge in [0.15, 0.2) is 29.1 Å². The molecular weight excluding hydrogens is 315 g/mol. The molecule has 0 aliphatic rings. The predicted molar refractivity (Wildman–Crippen MR) is 74.7 cm³/mol. The van der Waals surface area contributed by atoms with Crippen LogP contribution in [0.2, 0.25) is 0 Å². The lowest BCUT2D eigenvalue weighted by atomic mass is 9.99. The lowest BCUT2D eigenvalue weighted by Gasteiger charge is -2.08. The smallest absolute Gasteiger partial charge is 0.200 e. The van der Waals surface area contributed by atoms with Crippen molar-refractivity contribution in [1.82, 2.24) is 0 Å². The van der Waals surface area contributed by atoms with Crippen LogP contribution in [-0.2, 0) is 6.42 Å². The number of unbranched alkanes of at least 4 members (excludes halogenated alkanes) is 1. The number of hydrogen-bond acceptors (Lipinski definition) is 1. The number of aryl methyl sites for hydroxylation is 1. The SMILES string of the molecule is CCCCc1ccc(C(=O)c2c(F)c(F)c(F)c(F)c2F)cc1. The molecule has 6 heteroatoms. The van der Waals surface area contributed by atoms with Gasteiger partial charge in [0.25, 0.3) is 0 Å². The minimum atomic E-state index is -2.29. The maximum atomic E-state index is 13.6. The second kappa shape index (κ2) is 6.89. The molecule has 2 aromatic rings. The topological polar surface area (TPSA) is 17.1 Å². The number of ketones is 1. The Morgan fingerprint density at radius 3 is 1.78 bits per heavy atom. The van der Waals surface area contributed by atoms with Gasteiger partial charge < -0.3 is 0 Å². The van der Waals surface area contributed by atoms with Crippen LogP contribution in [0, 0.1) is 29.1 Å². The van der Waals surface area contributed by atoms with Gasteiger partial charge in [-0.2, -0.15) is 0 Å². The van der Waals surface area contributed by atoms with Crippen molar-refractivity contribution in [2.75, 3.05) is 0 Å². The molecule has 122 valence electrons. The van der Waals surface area contributed by atoms with Gasteiger partial charge in [0.2, 0.25) is 5.82 Å². The number of rotatable bonds is 5. The van der Waals surface area contributed by atoms with Crippen LogP contribution in [0.3, 0.4) is 0 Å². The molecule has 0 radical (unpaired) electrons. The minimum Gasteiger partial charge on any atom is -0.288 e. The van der Waals surface area contributed by atoms with E-state index in [2.05, 4.69) is 0 Å². The second-order valence-corrected chi connectivity index (χ2v) is 5.07. The first-order valence-corrected chi connectivity index (χ1v) is 7.03. The fraction of sp³-hybridized carbons (Fsp3) is 0.235.